The zero-order chi connectivity index (χ0) is 22.7. The van der Waals surface area contributed by atoms with Crippen LogP contribution in [0.25, 0.3) is 0 Å². The number of hydrogen-bond acceptors (Lipinski definition) is 5. The largest absolute Gasteiger partial charge is 0.465 e. The summed E-state index contributed by atoms with van der Waals surface area (Å²) in [5.74, 6) is -0.501. The zero-order valence-corrected chi connectivity index (χ0v) is 19.6. The number of carbonyl (C=O) groups excluding carboxylic acids is 2. The maximum Gasteiger partial charge on any atom is 0.324 e. The van der Waals surface area contributed by atoms with Gasteiger partial charge >= 0.3 is 5.97 Å². The zero-order valence-electron chi connectivity index (χ0n) is 18.7. The van der Waals surface area contributed by atoms with E-state index in [9.17, 15) is 18.0 Å². The highest BCUT2D eigenvalue weighted by molar-refractivity contribution is 7.86. The SMILES string of the molecule is CCOC(=O)C1CCCCN1S(=O)(=O)N1CCC(C(=O)N2CCc3ccccc3C2)CC1. The van der Waals surface area contributed by atoms with Crippen LogP contribution < -0.4 is 0 Å². The highest BCUT2D eigenvalue weighted by atomic mass is 32.2. The fraction of sp³-hybridized carbons (Fsp3) is 0.652. The molecule has 1 amide bonds. The van der Waals surface area contributed by atoms with Gasteiger partial charge in [-0.1, -0.05) is 24.3 Å². The fourth-order valence-electron chi connectivity index (χ4n) is 5.08. The van der Waals surface area contributed by atoms with Gasteiger partial charge in [-0.25, -0.2) is 0 Å². The Morgan fingerprint density at radius 3 is 2.44 bits per heavy atom. The third-order valence-electron chi connectivity index (χ3n) is 6.88. The summed E-state index contributed by atoms with van der Waals surface area (Å²) in [6.07, 6.45) is 3.91. The number of nitrogens with zero attached hydrogens (tertiary/aromatic N) is 3. The van der Waals surface area contributed by atoms with Crippen molar-refractivity contribution in [3.05, 3.63) is 35.4 Å². The standard InChI is InChI=1S/C23H33N3O5S/c1-2-31-23(28)21-9-5-6-13-26(21)32(29,30)25-15-11-19(12-16-25)22(27)24-14-10-18-7-3-4-8-20(18)17-24/h3-4,7-8,19,21H,2,5-6,9-17H2,1H3. The molecule has 0 radical (unpaired) electrons. The monoisotopic (exact) mass is 463 g/mol. The molecule has 0 N–H and O–H groups in total. The quantitative estimate of drug-likeness (QED) is 0.623. The number of piperidine rings is 2. The Morgan fingerprint density at radius 1 is 1.00 bits per heavy atom. The number of carbonyl (C=O) groups is 2. The van der Waals surface area contributed by atoms with Crippen LogP contribution in [0.3, 0.4) is 0 Å². The minimum Gasteiger partial charge on any atom is -0.465 e. The van der Waals surface area contributed by atoms with Gasteiger partial charge in [0.2, 0.25) is 5.91 Å². The van der Waals surface area contributed by atoms with Crippen LogP contribution >= 0.6 is 0 Å². The van der Waals surface area contributed by atoms with Crippen LogP contribution in [0, 0.1) is 5.92 Å². The number of benzene rings is 1. The van der Waals surface area contributed by atoms with Gasteiger partial charge in [0.1, 0.15) is 6.04 Å². The number of esters is 1. The lowest BCUT2D eigenvalue weighted by molar-refractivity contribution is -0.148. The molecule has 8 nitrogen and oxygen atoms in total. The summed E-state index contributed by atoms with van der Waals surface area (Å²) in [4.78, 5) is 27.4. The highest BCUT2D eigenvalue weighted by Crippen LogP contribution is 2.29. The van der Waals surface area contributed by atoms with Crippen LogP contribution in [0.5, 0.6) is 0 Å². The number of amides is 1. The lowest BCUT2D eigenvalue weighted by atomic mass is 9.94. The average molecular weight is 464 g/mol. The Hall–Kier alpha value is -1.97. The van der Waals surface area contributed by atoms with E-state index in [0.717, 1.165) is 19.3 Å². The molecule has 0 spiro atoms. The van der Waals surface area contributed by atoms with Crippen LogP contribution in [0.4, 0.5) is 0 Å². The summed E-state index contributed by atoms with van der Waals surface area (Å²) in [6.45, 7) is 4.23. The molecule has 3 heterocycles. The number of fused-ring (bicyclic) bond motifs is 1. The molecule has 176 valence electrons. The van der Waals surface area contributed by atoms with Crippen molar-refractivity contribution in [3.63, 3.8) is 0 Å². The second kappa shape index (κ2) is 9.89. The molecule has 0 saturated carbocycles. The van der Waals surface area contributed by atoms with Gasteiger partial charge in [0.05, 0.1) is 6.61 Å². The van der Waals surface area contributed by atoms with Crippen molar-refractivity contribution >= 4 is 22.1 Å². The first-order chi connectivity index (χ1) is 15.4. The summed E-state index contributed by atoms with van der Waals surface area (Å²) in [6, 6.07) is 7.47. The maximum atomic E-state index is 13.3. The Bertz CT molecular complexity index is 943. The lowest BCUT2D eigenvalue weighted by Gasteiger charge is -2.40. The summed E-state index contributed by atoms with van der Waals surface area (Å²) in [5.41, 5.74) is 2.50. The molecule has 2 saturated heterocycles. The van der Waals surface area contributed by atoms with Crippen LogP contribution in [0.1, 0.15) is 50.2 Å². The van der Waals surface area contributed by atoms with E-state index in [1.165, 1.54) is 19.7 Å². The molecular weight excluding hydrogens is 430 g/mol. The smallest absolute Gasteiger partial charge is 0.324 e. The lowest BCUT2D eigenvalue weighted by Crippen LogP contribution is -2.55. The summed E-state index contributed by atoms with van der Waals surface area (Å²) in [7, 11) is -3.77. The Kier molecular flexibility index (Phi) is 7.17. The van der Waals surface area contributed by atoms with Crippen molar-refractivity contribution in [2.24, 2.45) is 5.92 Å². The molecule has 1 aromatic rings. The number of ether oxygens (including phenoxy) is 1. The summed E-state index contributed by atoms with van der Waals surface area (Å²) in [5, 5.41) is 0. The van der Waals surface area contributed by atoms with Crippen molar-refractivity contribution < 1.29 is 22.7 Å². The second-order valence-corrected chi connectivity index (χ2v) is 10.7. The van der Waals surface area contributed by atoms with Crippen LogP contribution in [-0.4, -0.2) is 72.6 Å². The van der Waals surface area contributed by atoms with Gasteiger partial charge in [-0.15, -0.1) is 0 Å². The van der Waals surface area contributed by atoms with Gasteiger partial charge in [0.25, 0.3) is 10.2 Å². The average Bonchev–Trinajstić information content (AvgIpc) is 2.83. The molecule has 0 aromatic heterocycles. The van der Waals surface area contributed by atoms with Crippen molar-refractivity contribution in [1.82, 2.24) is 13.5 Å². The van der Waals surface area contributed by atoms with Crippen LogP contribution in [0.15, 0.2) is 24.3 Å². The predicted octanol–water partition coefficient (Wildman–Crippen LogP) is 1.95. The first-order valence-electron chi connectivity index (χ1n) is 11.7. The normalized spacial score (nSPS) is 23.5. The molecule has 32 heavy (non-hydrogen) atoms. The van der Waals surface area contributed by atoms with E-state index in [1.54, 1.807) is 6.92 Å². The van der Waals surface area contributed by atoms with Gasteiger partial charge in [-0.3, -0.25) is 9.59 Å². The van der Waals surface area contributed by atoms with E-state index < -0.39 is 22.2 Å². The van der Waals surface area contributed by atoms with E-state index in [0.29, 0.717) is 52.0 Å². The molecule has 3 aliphatic rings. The third-order valence-corrected chi connectivity index (χ3v) is 8.93. The van der Waals surface area contributed by atoms with Crippen molar-refractivity contribution in [2.45, 2.75) is 58.0 Å². The first-order valence-corrected chi connectivity index (χ1v) is 13.1. The Morgan fingerprint density at radius 2 is 1.72 bits per heavy atom. The third kappa shape index (κ3) is 4.70. The molecule has 0 bridgehead atoms. The molecular formula is C23H33N3O5S. The fourth-order valence-corrected chi connectivity index (χ4v) is 6.92. The van der Waals surface area contributed by atoms with Gasteiger partial charge in [0.15, 0.2) is 0 Å². The van der Waals surface area contributed by atoms with Crippen molar-refractivity contribution in [2.75, 3.05) is 32.8 Å². The number of hydrogen-bond donors (Lipinski definition) is 0. The molecule has 3 aliphatic heterocycles. The second-order valence-electron chi connectivity index (χ2n) is 8.83. The predicted molar refractivity (Wildman–Crippen MR) is 120 cm³/mol. The molecule has 1 unspecified atom stereocenters. The minimum absolute atomic E-state index is 0.124. The highest BCUT2D eigenvalue weighted by Gasteiger charge is 2.42. The van der Waals surface area contributed by atoms with Gasteiger partial charge in [0, 0.05) is 38.6 Å². The number of rotatable bonds is 5. The van der Waals surface area contributed by atoms with E-state index in [4.69, 9.17) is 4.74 Å². The summed E-state index contributed by atoms with van der Waals surface area (Å²) < 4.78 is 34.5. The van der Waals surface area contributed by atoms with Gasteiger partial charge < -0.3 is 9.64 Å². The van der Waals surface area contributed by atoms with Crippen molar-refractivity contribution in [1.29, 1.82) is 0 Å². The van der Waals surface area contributed by atoms with E-state index in [1.807, 2.05) is 17.0 Å². The van der Waals surface area contributed by atoms with Crippen LogP contribution in [-0.2, 0) is 37.5 Å². The Balaban J connectivity index is 1.37. The molecule has 0 aliphatic carbocycles. The Labute approximate surface area is 190 Å². The molecule has 4 rings (SSSR count). The maximum absolute atomic E-state index is 13.3. The van der Waals surface area contributed by atoms with Gasteiger partial charge in [-0.05, 0) is 56.6 Å². The molecule has 2 fully saturated rings. The molecule has 9 heteroatoms. The molecule has 1 aromatic carbocycles. The van der Waals surface area contributed by atoms with E-state index in [2.05, 4.69) is 12.1 Å². The van der Waals surface area contributed by atoms with Crippen molar-refractivity contribution in [3.8, 4) is 0 Å². The first kappa shape index (κ1) is 23.2. The van der Waals surface area contributed by atoms with E-state index >= 15 is 0 Å². The van der Waals surface area contributed by atoms with Crippen LogP contribution in [0.2, 0.25) is 0 Å². The summed E-state index contributed by atoms with van der Waals surface area (Å²) >= 11 is 0. The molecule has 1 atom stereocenters. The van der Waals surface area contributed by atoms with E-state index in [-0.39, 0.29) is 18.4 Å². The minimum atomic E-state index is -3.77. The van der Waals surface area contributed by atoms with Gasteiger partial charge in [-0.2, -0.15) is 17.0 Å². The topological polar surface area (TPSA) is 87.2 Å².